The molecule has 4 saturated carbocycles. The first-order valence-corrected chi connectivity index (χ1v) is 12.2. The topological polar surface area (TPSA) is 9.23 Å². The van der Waals surface area contributed by atoms with E-state index in [1.54, 1.807) is 0 Å². The van der Waals surface area contributed by atoms with Crippen LogP contribution in [0.25, 0.3) is 0 Å². The average molecular weight is 381 g/mol. The van der Waals surface area contributed by atoms with Crippen LogP contribution >= 0.6 is 0 Å². The van der Waals surface area contributed by atoms with E-state index in [0.29, 0.717) is 16.9 Å². The molecule has 0 aromatic heterocycles. The van der Waals surface area contributed by atoms with Crippen molar-refractivity contribution < 1.29 is 4.74 Å². The van der Waals surface area contributed by atoms with E-state index in [4.69, 9.17) is 4.74 Å². The monoisotopic (exact) mass is 380 g/mol. The molecule has 4 fully saturated rings. The van der Waals surface area contributed by atoms with Crippen LogP contribution in [0.3, 0.4) is 0 Å². The molecule has 5 rings (SSSR count). The van der Waals surface area contributed by atoms with E-state index in [1.807, 2.05) is 0 Å². The Morgan fingerprint density at radius 1 is 0.857 bits per heavy atom. The van der Waals surface area contributed by atoms with Gasteiger partial charge in [0.25, 0.3) is 0 Å². The third-order valence-electron chi connectivity index (χ3n) is 10.1. The maximum Gasteiger partial charge on any atom is 0.0720 e. The molecule has 0 bridgehead atoms. The molecule has 1 heteroatoms. The second-order valence-corrected chi connectivity index (χ2v) is 11.4. The molecule has 0 heterocycles. The molecule has 8 atom stereocenters. The molecule has 0 radical (unpaired) electrons. The minimum atomic E-state index is 0.418. The van der Waals surface area contributed by atoms with Gasteiger partial charge >= 0.3 is 0 Å². The van der Waals surface area contributed by atoms with Gasteiger partial charge in [-0.05, 0) is 97.3 Å². The highest BCUT2D eigenvalue weighted by molar-refractivity contribution is 5.14. The molecule has 1 nitrogen and oxygen atoms in total. The van der Waals surface area contributed by atoms with Gasteiger partial charge in [0.05, 0.1) is 12.7 Å². The Morgan fingerprint density at radius 2 is 1.61 bits per heavy atom. The van der Waals surface area contributed by atoms with Crippen LogP contribution in [0.2, 0.25) is 0 Å². The predicted molar refractivity (Wildman–Crippen MR) is 116 cm³/mol. The van der Waals surface area contributed by atoms with Gasteiger partial charge in [0.15, 0.2) is 0 Å². The van der Waals surface area contributed by atoms with Crippen molar-refractivity contribution in [2.24, 2.45) is 40.4 Å². The van der Waals surface area contributed by atoms with Gasteiger partial charge in [-0.25, -0.2) is 0 Å². The highest BCUT2D eigenvalue weighted by Crippen LogP contribution is 2.66. The van der Waals surface area contributed by atoms with Crippen molar-refractivity contribution in [1.29, 1.82) is 0 Å². The number of ether oxygens (including phenoxy) is 1. The molecule has 1 aromatic rings. The molecule has 0 N–H and O–H groups in total. The summed E-state index contributed by atoms with van der Waals surface area (Å²) >= 11 is 0. The first-order valence-electron chi connectivity index (χ1n) is 12.2. The van der Waals surface area contributed by atoms with Crippen LogP contribution in [0.1, 0.15) is 84.1 Å². The van der Waals surface area contributed by atoms with Crippen molar-refractivity contribution in [1.82, 2.24) is 0 Å². The number of fused-ring (bicyclic) bond motifs is 5. The van der Waals surface area contributed by atoms with E-state index in [2.05, 4.69) is 51.1 Å². The van der Waals surface area contributed by atoms with Gasteiger partial charge in [0.2, 0.25) is 0 Å². The molecule has 0 spiro atoms. The second kappa shape index (κ2) is 7.15. The van der Waals surface area contributed by atoms with Crippen LogP contribution in [0, 0.1) is 40.4 Å². The van der Waals surface area contributed by atoms with Gasteiger partial charge in [-0.15, -0.1) is 0 Å². The molecule has 0 aliphatic heterocycles. The fourth-order valence-corrected chi connectivity index (χ4v) is 8.47. The smallest absolute Gasteiger partial charge is 0.0720 e. The summed E-state index contributed by atoms with van der Waals surface area (Å²) in [7, 11) is 0. The Bertz CT molecular complexity index is 683. The Morgan fingerprint density at radius 3 is 2.43 bits per heavy atom. The summed E-state index contributed by atoms with van der Waals surface area (Å²) in [5.74, 6) is 4.84. The van der Waals surface area contributed by atoms with Crippen LogP contribution in [0.15, 0.2) is 30.3 Å². The first-order chi connectivity index (χ1) is 13.5. The van der Waals surface area contributed by atoms with Crippen LogP contribution in [-0.2, 0) is 11.3 Å². The minimum absolute atomic E-state index is 0.418. The van der Waals surface area contributed by atoms with Crippen molar-refractivity contribution in [3.8, 4) is 0 Å². The fraction of sp³-hybridized carbons (Fsp3) is 0.778. The average Bonchev–Trinajstić information content (AvgIpc) is 3.04. The van der Waals surface area contributed by atoms with E-state index >= 15 is 0 Å². The molecular weight excluding hydrogens is 340 g/mol. The van der Waals surface area contributed by atoms with E-state index in [9.17, 15) is 0 Å². The molecule has 1 aromatic carbocycles. The summed E-state index contributed by atoms with van der Waals surface area (Å²) in [6, 6.07) is 10.8. The molecule has 0 amide bonds. The van der Waals surface area contributed by atoms with Gasteiger partial charge in [-0.3, -0.25) is 0 Å². The zero-order valence-electron chi connectivity index (χ0n) is 18.3. The number of benzene rings is 1. The van der Waals surface area contributed by atoms with Gasteiger partial charge in [0, 0.05) is 0 Å². The number of rotatable bonds is 3. The van der Waals surface area contributed by atoms with E-state index in [1.165, 1.54) is 63.4 Å². The van der Waals surface area contributed by atoms with Crippen molar-refractivity contribution >= 4 is 0 Å². The standard InChI is InChI=1S/C27H40O/c1-19-13-15-26(2)21(17-19)9-10-22-23-11-12-25(27(23,3)16-14-24(22)26)28-18-20-7-5-4-6-8-20/h4-8,19,21-25H,9-18H2,1-3H3/t19?,21?,22?,23?,24?,25-,26?,27?/m0/s1. The van der Waals surface area contributed by atoms with Crippen molar-refractivity contribution in [2.45, 2.75) is 91.3 Å². The van der Waals surface area contributed by atoms with Crippen molar-refractivity contribution in [3.63, 3.8) is 0 Å². The van der Waals surface area contributed by atoms with E-state index < -0.39 is 0 Å². The molecular formula is C27H40O. The summed E-state index contributed by atoms with van der Waals surface area (Å²) in [6.07, 6.45) is 13.5. The van der Waals surface area contributed by atoms with Crippen LogP contribution in [-0.4, -0.2) is 6.10 Å². The lowest BCUT2D eigenvalue weighted by Crippen LogP contribution is -2.54. The number of hydrogen-bond acceptors (Lipinski definition) is 1. The van der Waals surface area contributed by atoms with Crippen LogP contribution < -0.4 is 0 Å². The lowest BCUT2D eigenvalue weighted by molar-refractivity contribution is -0.136. The third kappa shape index (κ3) is 2.99. The maximum absolute atomic E-state index is 6.59. The maximum atomic E-state index is 6.59. The van der Waals surface area contributed by atoms with E-state index in [-0.39, 0.29) is 0 Å². The molecule has 7 unspecified atom stereocenters. The largest absolute Gasteiger partial charge is 0.373 e. The molecule has 154 valence electrons. The van der Waals surface area contributed by atoms with E-state index in [0.717, 1.165) is 36.2 Å². The van der Waals surface area contributed by atoms with Crippen molar-refractivity contribution in [2.75, 3.05) is 0 Å². The Labute approximate surface area is 172 Å². The summed E-state index contributed by atoms with van der Waals surface area (Å²) in [5, 5.41) is 0. The van der Waals surface area contributed by atoms with Gasteiger partial charge in [-0.2, -0.15) is 0 Å². The third-order valence-corrected chi connectivity index (χ3v) is 10.1. The highest BCUT2D eigenvalue weighted by Gasteiger charge is 2.60. The van der Waals surface area contributed by atoms with Crippen molar-refractivity contribution in [3.05, 3.63) is 35.9 Å². The number of hydrogen-bond donors (Lipinski definition) is 0. The Balaban J connectivity index is 1.31. The summed E-state index contributed by atoms with van der Waals surface area (Å²) in [6.45, 7) is 8.57. The summed E-state index contributed by atoms with van der Waals surface area (Å²) in [5.41, 5.74) is 2.38. The molecule has 4 aliphatic rings. The Hall–Kier alpha value is -0.820. The fourth-order valence-electron chi connectivity index (χ4n) is 8.47. The zero-order valence-corrected chi connectivity index (χ0v) is 18.3. The Kier molecular flexibility index (Phi) is 4.89. The summed E-state index contributed by atoms with van der Waals surface area (Å²) < 4.78 is 6.59. The van der Waals surface area contributed by atoms with Gasteiger partial charge in [-0.1, -0.05) is 57.5 Å². The lowest BCUT2D eigenvalue weighted by Gasteiger charge is -2.61. The summed E-state index contributed by atoms with van der Waals surface area (Å²) in [4.78, 5) is 0. The SMILES string of the molecule is CC1CCC2(C)C(CCC3C2CCC2(C)C3CC[C@@H]2OCc2ccccc2)C1. The zero-order chi connectivity index (χ0) is 19.4. The van der Waals surface area contributed by atoms with Gasteiger partial charge < -0.3 is 4.74 Å². The molecule has 4 aliphatic carbocycles. The second-order valence-electron chi connectivity index (χ2n) is 11.4. The molecule has 0 saturated heterocycles. The minimum Gasteiger partial charge on any atom is -0.373 e. The first kappa shape index (κ1) is 19.2. The van der Waals surface area contributed by atoms with Gasteiger partial charge in [0.1, 0.15) is 0 Å². The normalized spacial score (nSPS) is 47.8. The van der Waals surface area contributed by atoms with Crippen LogP contribution in [0.4, 0.5) is 0 Å². The molecule has 28 heavy (non-hydrogen) atoms. The quantitative estimate of drug-likeness (QED) is 0.536. The lowest BCUT2D eigenvalue weighted by atomic mass is 9.44. The highest BCUT2D eigenvalue weighted by atomic mass is 16.5. The van der Waals surface area contributed by atoms with Crippen LogP contribution in [0.5, 0.6) is 0 Å². The predicted octanol–water partition coefficient (Wildman–Crippen LogP) is 7.25.